The summed E-state index contributed by atoms with van der Waals surface area (Å²) in [5.41, 5.74) is 0.812. The second kappa shape index (κ2) is 5.07. The molecule has 0 atom stereocenters. The first-order valence-corrected chi connectivity index (χ1v) is 6.99. The first-order valence-electron chi connectivity index (χ1n) is 6.20. The van der Waals surface area contributed by atoms with Gasteiger partial charge >= 0.3 is 0 Å². The van der Waals surface area contributed by atoms with Crippen LogP contribution in [0, 0.1) is 5.41 Å². The summed E-state index contributed by atoms with van der Waals surface area (Å²) in [4.78, 5) is 4.56. The van der Waals surface area contributed by atoms with Crippen LogP contribution in [-0.4, -0.2) is 36.5 Å². The zero-order valence-electron chi connectivity index (χ0n) is 10.4. The highest BCUT2D eigenvalue weighted by Gasteiger charge is 2.37. The summed E-state index contributed by atoms with van der Waals surface area (Å²) in [6.07, 6.45) is 0. The van der Waals surface area contributed by atoms with Crippen molar-refractivity contribution < 1.29 is 9.84 Å². The van der Waals surface area contributed by atoms with Gasteiger partial charge in [-0.15, -0.1) is 0 Å². The number of ether oxygens (including phenoxy) is 1. The average Bonchev–Trinajstić information content (AvgIpc) is 2.38. The number of anilines is 1. The van der Waals surface area contributed by atoms with Crippen LogP contribution in [0.1, 0.15) is 0 Å². The molecule has 1 saturated heterocycles. The lowest BCUT2D eigenvalue weighted by atomic mass is 9.87. The molecule has 2 heterocycles. The minimum Gasteiger partial charge on any atom is -0.396 e. The van der Waals surface area contributed by atoms with Crippen molar-refractivity contribution in [2.45, 2.75) is 0 Å². The smallest absolute Gasteiger partial charge is 0.126 e. The maximum atomic E-state index is 9.37. The van der Waals surface area contributed by atoms with E-state index in [-0.39, 0.29) is 12.0 Å². The predicted molar refractivity (Wildman–Crippen MR) is 78.3 cm³/mol. The van der Waals surface area contributed by atoms with Gasteiger partial charge in [-0.25, -0.2) is 4.98 Å². The summed E-state index contributed by atoms with van der Waals surface area (Å²) in [7, 11) is 0. The topological polar surface area (TPSA) is 54.4 Å². The number of aliphatic hydroxyl groups excluding tert-OH is 1. The van der Waals surface area contributed by atoms with E-state index < -0.39 is 0 Å². The number of benzene rings is 1. The Morgan fingerprint density at radius 3 is 2.84 bits per heavy atom. The molecule has 1 aliphatic heterocycles. The molecule has 0 radical (unpaired) electrons. The van der Waals surface area contributed by atoms with Gasteiger partial charge in [-0.3, -0.25) is 0 Å². The van der Waals surface area contributed by atoms with Crippen molar-refractivity contribution in [3.05, 3.63) is 34.8 Å². The van der Waals surface area contributed by atoms with E-state index in [0.29, 0.717) is 19.8 Å². The number of rotatable bonds is 4. The second-order valence-corrected chi connectivity index (χ2v) is 5.95. The van der Waals surface area contributed by atoms with Crippen LogP contribution < -0.4 is 5.32 Å². The van der Waals surface area contributed by atoms with Crippen molar-refractivity contribution in [1.29, 1.82) is 0 Å². The summed E-state index contributed by atoms with van der Waals surface area (Å²) in [5, 5.41) is 13.8. The molecular formula is C14H15BrN2O2. The molecule has 0 amide bonds. The molecule has 3 rings (SSSR count). The van der Waals surface area contributed by atoms with Gasteiger partial charge in [0.25, 0.3) is 0 Å². The van der Waals surface area contributed by atoms with Gasteiger partial charge in [0.15, 0.2) is 0 Å². The number of aromatic nitrogens is 1. The maximum absolute atomic E-state index is 9.37. The van der Waals surface area contributed by atoms with Gasteiger partial charge in [-0.1, -0.05) is 15.9 Å². The number of fused-ring (bicyclic) bond motifs is 1. The summed E-state index contributed by atoms with van der Waals surface area (Å²) >= 11 is 3.45. The van der Waals surface area contributed by atoms with Crippen molar-refractivity contribution in [2.75, 3.05) is 31.7 Å². The number of hydrogen-bond acceptors (Lipinski definition) is 4. The molecule has 1 aromatic heterocycles. The van der Waals surface area contributed by atoms with E-state index in [9.17, 15) is 5.11 Å². The highest BCUT2D eigenvalue weighted by atomic mass is 79.9. The molecule has 19 heavy (non-hydrogen) atoms. The largest absolute Gasteiger partial charge is 0.396 e. The first-order chi connectivity index (χ1) is 9.21. The average molecular weight is 323 g/mol. The fraction of sp³-hybridized carbons (Fsp3) is 0.357. The lowest BCUT2D eigenvalue weighted by Crippen LogP contribution is -2.50. The quantitative estimate of drug-likeness (QED) is 0.907. The van der Waals surface area contributed by atoms with Crippen LogP contribution in [-0.2, 0) is 4.74 Å². The third kappa shape index (κ3) is 2.59. The third-order valence-electron chi connectivity index (χ3n) is 3.45. The molecule has 0 spiro atoms. The van der Waals surface area contributed by atoms with Crippen LogP contribution in [0.3, 0.4) is 0 Å². The Morgan fingerprint density at radius 2 is 2.16 bits per heavy atom. The van der Waals surface area contributed by atoms with Crippen LogP contribution in [0.2, 0.25) is 0 Å². The van der Waals surface area contributed by atoms with E-state index in [1.165, 1.54) is 0 Å². The second-order valence-electron chi connectivity index (χ2n) is 5.04. The van der Waals surface area contributed by atoms with Gasteiger partial charge < -0.3 is 15.2 Å². The zero-order valence-corrected chi connectivity index (χ0v) is 12.0. The predicted octanol–water partition coefficient (Wildman–Crippen LogP) is 2.42. The van der Waals surface area contributed by atoms with Gasteiger partial charge in [0.2, 0.25) is 0 Å². The number of nitrogens with one attached hydrogen (secondary N) is 1. The fourth-order valence-electron chi connectivity index (χ4n) is 2.11. The summed E-state index contributed by atoms with van der Waals surface area (Å²) in [6.45, 7) is 2.03. The Kier molecular flexibility index (Phi) is 3.43. The minimum absolute atomic E-state index is 0.139. The molecule has 1 aromatic carbocycles. The molecule has 0 unspecified atom stereocenters. The van der Waals surface area contributed by atoms with Crippen molar-refractivity contribution >= 4 is 32.7 Å². The Bertz CT molecular complexity index is 594. The summed E-state index contributed by atoms with van der Waals surface area (Å²) in [6, 6.07) is 10.0. The van der Waals surface area contributed by atoms with Crippen LogP contribution in [0.4, 0.5) is 5.82 Å². The van der Waals surface area contributed by atoms with E-state index in [1.807, 2.05) is 30.3 Å². The van der Waals surface area contributed by atoms with E-state index in [2.05, 4.69) is 26.2 Å². The molecule has 0 aliphatic carbocycles. The van der Waals surface area contributed by atoms with E-state index in [1.54, 1.807) is 0 Å². The Balaban J connectivity index is 1.76. The molecule has 0 bridgehead atoms. The Hall–Kier alpha value is -1.17. The molecule has 2 N–H and O–H groups in total. The van der Waals surface area contributed by atoms with Gasteiger partial charge in [0.1, 0.15) is 5.82 Å². The molecule has 1 aliphatic rings. The summed E-state index contributed by atoms with van der Waals surface area (Å²) in [5.74, 6) is 0.828. The van der Waals surface area contributed by atoms with Crippen LogP contribution in [0.25, 0.3) is 10.9 Å². The van der Waals surface area contributed by atoms with Crippen molar-refractivity contribution in [1.82, 2.24) is 4.98 Å². The Labute approximate surface area is 119 Å². The SMILES string of the molecule is OCC1(CNc2ccc3cc(Br)ccc3n2)COC1. The van der Waals surface area contributed by atoms with E-state index in [0.717, 1.165) is 21.2 Å². The lowest BCUT2D eigenvalue weighted by molar-refractivity contribution is -0.128. The number of nitrogens with zero attached hydrogens (tertiary/aromatic N) is 1. The highest BCUT2D eigenvalue weighted by Crippen LogP contribution is 2.27. The molecule has 5 heteroatoms. The van der Waals surface area contributed by atoms with Crippen molar-refractivity contribution in [3.8, 4) is 0 Å². The van der Waals surface area contributed by atoms with Gasteiger partial charge in [0, 0.05) is 16.4 Å². The van der Waals surface area contributed by atoms with E-state index >= 15 is 0 Å². The minimum atomic E-state index is -0.143. The molecular weight excluding hydrogens is 308 g/mol. The fourth-order valence-corrected chi connectivity index (χ4v) is 2.49. The van der Waals surface area contributed by atoms with Gasteiger partial charge in [-0.05, 0) is 30.3 Å². The molecule has 100 valence electrons. The molecule has 4 nitrogen and oxygen atoms in total. The third-order valence-corrected chi connectivity index (χ3v) is 3.94. The van der Waals surface area contributed by atoms with Crippen LogP contribution >= 0.6 is 15.9 Å². The molecule has 1 fully saturated rings. The molecule has 2 aromatic rings. The number of halogens is 1. The van der Waals surface area contributed by atoms with Crippen LogP contribution in [0.5, 0.6) is 0 Å². The lowest BCUT2D eigenvalue weighted by Gasteiger charge is -2.39. The Morgan fingerprint density at radius 1 is 1.32 bits per heavy atom. The molecule has 0 saturated carbocycles. The standard InChI is InChI=1S/C14H15BrN2O2/c15-11-2-3-12-10(5-11)1-4-13(17-12)16-6-14(7-18)8-19-9-14/h1-5,18H,6-9H2,(H,16,17). The van der Waals surface area contributed by atoms with Gasteiger partial charge in [-0.2, -0.15) is 0 Å². The first kappa shape index (κ1) is 12.8. The normalized spacial score (nSPS) is 17.2. The zero-order chi connectivity index (χ0) is 13.3. The van der Waals surface area contributed by atoms with Crippen molar-refractivity contribution in [3.63, 3.8) is 0 Å². The monoisotopic (exact) mass is 322 g/mol. The summed E-state index contributed by atoms with van der Waals surface area (Å²) < 4.78 is 6.22. The number of hydrogen-bond donors (Lipinski definition) is 2. The highest BCUT2D eigenvalue weighted by molar-refractivity contribution is 9.10. The maximum Gasteiger partial charge on any atom is 0.126 e. The van der Waals surface area contributed by atoms with E-state index in [4.69, 9.17) is 4.74 Å². The van der Waals surface area contributed by atoms with Crippen LogP contribution in [0.15, 0.2) is 34.8 Å². The number of aliphatic hydroxyl groups is 1. The van der Waals surface area contributed by atoms with Gasteiger partial charge in [0.05, 0.1) is 30.8 Å². The number of pyridine rings is 1. The van der Waals surface area contributed by atoms with Crippen molar-refractivity contribution in [2.24, 2.45) is 5.41 Å².